The maximum atomic E-state index is 11.1. The number of rotatable bonds is 2. The van der Waals surface area contributed by atoms with Gasteiger partial charge in [0.15, 0.2) is 0 Å². The zero-order valence-electron chi connectivity index (χ0n) is 10.0. The standard InChI is InChI=1S/C15H13NO2/c1-12(17)18-15(13-8-4-2-5-9-13)16-14-10-6-3-7-11-14/h2-11H,1H3. The summed E-state index contributed by atoms with van der Waals surface area (Å²) in [6.07, 6.45) is 0. The number of hydrogen-bond donors (Lipinski definition) is 0. The molecule has 0 aliphatic rings. The van der Waals surface area contributed by atoms with E-state index in [9.17, 15) is 4.79 Å². The SMILES string of the molecule is CC(=O)OC(=Nc1ccccc1)c1ccccc1. The van der Waals surface area contributed by atoms with Crippen LogP contribution in [-0.2, 0) is 9.53 Å². The van der Waals surface area contributed by atoms with Crippen LogP contribution >= 0.6 is 0 Å². The second-order valence-electron chi connectivity index (χ2n) is 3.71. The average Bonchev–Trinajstić information content (AvgIpc) is 2.40. The molecule has 0 saturated carbocycles. The maximum Gasteiger partial charge on any atom is 0.309 e. The number of carbonyl (C=O) groups excluding carboxylic acids is 1. The van der Waals surface area contributed by atoms with Gasteiger partial charge in [-0.1, -0.05) is 36.4 Å². The van der Waals surface area contributed by atoms with Gasteiger partial charge in [-0.05, 0) is 24.3 Å². The second-order valence-corrected chi connectivity index (χ2v) is 3.71. The molecule has 18 heavy (non-hydrogen) atoms. The summed E-state index contributed by atoms with van der Waals surface area (Å²) in [5, 5.41) is 0. The van der Waals surface area contributed by atoms with Crippen molar-refractivity contribution in [2.24, 2.45) is 4.99 Å². The molecule has 0 spiro atoms. The highest BCUT2D eigenvalue weighted by molar-refractivity contribution is 6.01. The minimum Gasteiger partial charge on any atom is -0.407 e. The van der Waals surface area contributed by atoms with Crippen LogP contribution in [0.5, 0.6) is 0 Å². The molecule has 0 N–H and O–H groups in total. The van der Waals surface area contributed by atoms with Crippen LogP contribution in [0.4, 0.5) is 5.69 Å². The Morgan fingerprint density at radius 3 is 2.06 bits per heavy atom. The summed E-state index contributed by atoms with van der Waals surface area (Å²) in [6, 6.07) is 18.7. The normalized spacial score (nSPS) is 11.1. The molecular formula is C15H13NO2. The molecule has 0 aromatic heterocycles. The third kappa shape index (κ3) is 3.28. The van der Waals surface area contributed by atoms with Crippen LogP contribution in [0.2, 0.25) is 0 Å². The van der Waals surface area contributed by atoms with E-state index in [2.05, 4.69) is 4.99 Å². The van der Waals surface area contributed by atoms with Crippen molar-refractivity contribution in [1.82, 2.24) is 0 Å². The highest BCUT2D eigenvalue weighted by Gasteiger charge is 2.07. The number of nitrogens with zero attached hydrogens (tertiary/aromatic N) is 1. The number of carbonyl (C=O) groups is 1. The van der Waals surface area contributed by atoms with Crippen LogP contribution in [-0.4, -0.2) is 11.9 Å². The fourth-order valence-electron chi connectivity index (χ4n) is 1.48. The Balaban J connectivity index is 2.37. The Hall–Kier alpha value is -2.42. The Bertz CT molecular complexity index is 547. The summed E-state index contributed by atoms with van der Waals surface area (Å²) in [6.45, 7) is 1.36. The van der Waals surface area contributed by atoms with Gasteiger partial charge < -0.3 is 4.74 Å². The molecule has 0 aliphatic carbocycles. The number of aliphatic imine (C=N–C) groups is 1. The molecule has 3 heteroatoms. The quantitative estimate of drug-likeness (QED) is 0.458. The summed E-state index contributed by atoms with van der Waals surface area (Å²) in [7, 11) is 0. The molecule has 0 aliphatic heterocycles. The molecule has 2 rings (SSSR count). The molecule has 0 heterocycles. The van der Waals surface area contributed by atoms with Crippen molar-refractivity contribution < 1.29 is 9.53 Å². The van der Waals surface area contributed by atoms with Gasteiger partial charge in [-0.15, -0.1) is 0 Å². The molecule has 0 amide bonds. The molecule has 0 saturated heterocycles. The zero-order chi connectivity index (χ0) is 12.8. The maximum absolute atomic E-state index is 11.1. The molecule has 0 radical (unpaired) electrons. The van der Waals surface area contributed by atoms with Gasteiger partial charge in [-0.3, -0.25) is 4.79 Å². The molecular weight excluding hydrogens is 226 g/mol. The van der Waals surface area contributed by atoms with Crippen molar-refractivity contribution >= 4 is 17.6 Å². The summed E-state index contributed by atoms with van der Waals surface area (Å²) in [4.78, 5) is 15.5. The lowest BCUT2D eigenvalue weighted by Crippen LogP contribution is -2.10. The molecule has 90 valence electrons. The first kappa shape index (κ1) is 12.0. The van der Waals surface area contributed by atoms with Crippen LogP contribution in [0.3, 0.4) is 0 Å². The topological polar surface area (TPSA) is 38.7 Å². The van der Waals surface area contributed by atoms with Gasteiger partial charge in [0, 0.05) is 12.5 Å². The lowest BCUT2D eigenvalue weighted by molar-refractivity contribution is -0.132. The van der Waals surface area contributed by atoms with Gasteiger partial charge in [0.25, 0.3) is 0 Å². The van der Waals surface area contributed by atoms with E-state index >= 15 is 0 Å². The lowest BCUT2D eigenvalue weighted by Gasteiger charge is -2.05. The number of ether oxygens (including phenoxy) is 1. The molecule has 0 atom stereocenters. The predicted molar refractivity (Wildman–Crippen MR) is 70.8 cm³/mol. The third-order valence-electron chi connectivity index (χ3n) is 2.25. The lowest BCUT2D eigenvalue weighted by atomic mass is 10.2. The minimum atomic E-state index is -0.381. The molecule has 0 bridgehead atoms. The van der Waals surface area contributed by atoms with E-state index in [-0.39, 0.29) is 5.97 Å². The van der Waals surface area contributed by atoms with Gasteiger partial charge in [0.05, 0.1) is 5.69 Å². The summed E-state index contributed by atoms with van der Waals surface area (Å²) >= 11 is 0. The predicted octanol–water partition coefficient (Wildman–Crippen LogP) is 3.33. The highest BCUT2D eigenvalue weighted by atomic mass is 16.5. The number of benzene rings is 2. The Morgan fingerprint density at radius 1 is 0.944 bits per heavy atom. The second kappa shape index (κ2) is 5.77. The van der Waals surface area contributed by atoms with E-state index in [0.29, 0.717) is 5.90 Å². The van der Waals surface area contributed by atoms with Crippen LogP contribution in [0, 0.1) is 0 Å². The fraction of sp³-hybridized carbons (Fsp3) is 0.0667. The number of esters is 1. The van der Waals surface area contributed by atoms with Crippen LogP contribution < -0.4 is 0 Å². The van der Waals surface area contributed by atoms with Crippen molar-refractivity contribution in [3.8, 4) is 0 Å². The van der Waals surface area contributed by atoms with E-state index in [1.165, 1.54) is 6.92 Å². The van der Waals surface area contributed by atoms with E-state index < -0.39 is 0 Å². The first-order valence-corrected chi connectivity index (χ1v) is 5.63. The van der Waals surface area contributed by atoms with E-state index in [1.54, 1.807) is 0 Å². The Labute approximate surface area is 106 Å². The minimum absolute atomic E-state index is 0.314. The summed E-state index contributed by atoms with van der Waals surface area (Å²) in [5.41, 5.74) is 1.52. The van der Waals surface area contributed by atoms with Crippen LogP contribution in [0.15, 0.2) is 65.7 Å². The van der Waals surface area contributed by atoms with Crippen molar-refractivity contribution in [2.75, 3.05) is 0 Å². The number of hydrogen-bond acceptors (Lipinski definition) is 3. The Kier molecular flexibility index (Phi) is 3.86. The molecule has 0 fully saturated rings. The summed E-state index contributed by atoms with van der Waals surface area (Å²) < 4.78 is 5.15. The largest absolute Gasteiger partial charge is 0.407 e. The van der Waals surface area contributed by atoms with Gasteiger partial charge in [0.1, 0.15) is 0 Å². The monoisotopic (exact) mass is 239 g/mol. The highest BCUT2D eigenvalue weighted by Crippen LogP contribution is 2.13. The van der Waals surface area contributed by atoms with E-state index in [0.717, 1.165) is 11.3 Å². The number of para-hydroxylation sites is 1. The average molecular weight is 239 g/mol. The first-order valence-electron chi connectivity index (χ1n) is 5.63. The van der Waals surface area contributed by atoms with Crippen molar-refractivity contribution in [1.29, 1.82) is 0 Å². The smallest absolute Gasteiger partial charge is 0.309 e. The van der Waals surface area contributed by atoms with Crippen LogP contribution in [0.25, 0.3) is 0 Å². The zero-order valence-corrected chi connectivity index (χ0v) is 10.0. The third-order valence-corrected chi connectivity index (χ3v) is 2.25. The van der Waals surface area contributed by atoms with E-state index in [4.69, 9.17) is 4.74 Å². The summed E-state index contributed by atoms with van der Waals surface area (Å²) in [5.74, 6) is -0.0668. The molecule has 2 aromatic carbocycles. The van der Waals surface area contributed by atoms with Gasteiger partial charge in [0.2, 0.25) is 5.90 Å². The molecule has 2 aromatic rings. The molecule has 3 nitrogen and oxygen atoms in total. The van der Waals surface area contributed by atoms with Crippen molar-refractivity contribution in [3.63, 3.8) is 0 Å². The Morgan fingerprint density at radius 2 is 1.50 bits per heavy atom. The van der Waals surface area contributed by atoms with Gasteiger partial charge >= 0.3 is 5.97 Å². The van der Waals surface area contributed by atoms with Crippen molar-refractivity contribution in [3.05, 3.63) is 66.2 Å². The molecule has 0 unspecified atom stereocenters. The van der Waals surface area contributed by atoms with Gasteiger partial charge in [-0.25, -0.2) is 4.99 Å². The van der Waals surface area contributed by atoms with Crippen LogP contribution in [0.1, 0.15) is 12.5 Å². The fourth-order valence-corrected chi connectivity index (χ4v) is 1.48. The van der Waals surface area contributed by atoms with Gasteiger partial charge in [-0.2, -0.15) is 0 Å². The first-order chi connectivity index (χ1) is 8.75. The van der Waals surface area contributed by atoms with Crippen molar-refractivity contribution in [2.45, 2.75) is 6.92 Å². The van der Waals surface area contributed by atoms with E-state index in [1.807, 2.05) is 60.7 Å².